The molecular weight excluding hydrogens is 288 g/mol. The fourth-order valence-electron chi connectivity index (χ4n) is 1.86. The number of hydrogen-bond donors (Lipinski definition) is 1. The first-order valence-corrected chi connectivity index (χ1v) is 8.38. The van der Waals surface area contributed by atoms with Crippen LogP contribution in [-0.4, -0.2) is 29.4 Å². The quantitative estimate of drug-likeness (QED) is 0.796. The zero-order chi connectivity index (χ0) is 15.3. The molecule has 0 atom stereocenters. The molecule has 20 heavy (non-hydrogen) atoms. The molecule has 0 aromatic carbocycles. The van der Waals surface area contributed by atoms with Gasteiger partial charge in [0.05, 0.1) is 9.93 Å². The number of thiol groups is 1. The minimum Gasteiger partial charge on any atom is -0.292 e. The topological polar surface area (TPSA) is 32.7 Å². The molecule has 0 bridgehead atoms. The Labute approximate surface area is 131 Å². The summed E-state index contributed by atoms with van der Waals surface area (Å²) in [6.07, 6.45) is 6.71. The summed E-state index contributed by atoms with van der Waals surface area (Å²) in [4.78, 5) is 19.1. The van der Waals surface area contributed by atoms with Crippen molar-refractivity contribution < 1.29 is 4.79 Å². The fraction of sp³-hybridized carbons (Fsp3) is 0.467. The van der Waals surface area contributed by atoms with Crippen LogP contribution in [0.4, 0.5) is 0 Å². The summed E-state index contributed by atoms with van der Waals surface area (Å²) in [5.41, 5.74) is 2.16. The molecule has 0 unspecified atom stereocenters. The molecule has 1 rings (SSSR count). The van der Waals surface area contributed by atoms with Crippen LogP contribution in [0.2, 0.25) is 0 Å². The first kappa shape index (κ1) is 17.1. The molecule has 0 aromatic rings. The zero-order valence-corrected chi connectivity index (χ0v) is 14.4. The smallest absolute Gasteiger partial charge is 0.265 e. The summed E-state index contributed by atoms with van der Waals surface area (Å²) in [6.45, 7) is 8.66. The molecule has 1 aliphatic rings. The Bertz CT molecular complexity index is 516. The molecule has 5 heteroatoms. The van der Waals surface area contributed by atoms with Crippen molar-refractivity contribution in [1.29, 1.82) is 0 Å². The van der Waals surface area contributed by atoms with E-state index in [1.165, 1.54) is 5.57 Å². The number of amidine groups is 1. The molecule has 0 saturated carbocycles. The maximum absolute atomic E-state index is 12.2. The van der Waals surface area contributed by atoms with E-state index in [1.807, 2.05) is 26.2 Å². The molecule has 1 heterocycles. The van der Waals surface area contributed by atoms with Gasteiger partial charge in [-0.05, 0) is 45.1 Å². The van der Waals surface area contributed by atoms with Crippen LogP contribution in [0.25, 0.3) is 0 Å². The lowest BCUT2D eigenvalue weighted by Crippen LogP contribution is -2.40. The Hall–Kier alpha value is -0.940. The molecule has 0 spiro atoms. The molecule has 0 saturated heterocycles. The molecule has 0 radical (unpaired) electrons. The highest BCUT2D eigenvalue weighted by Gasteiger charge is 2.27. The third kappa shape index (κ3) is 3.58. The average Bonchev–Trinajstić information content (AvgIpc) is 2.47. The van der Waals surface area contributed by atoms with Crippen LogP contribution in [0.1, 0.15) is 34.1 Å². The van der Waals surface area contributed by atoms with Crippen molar-refractivity contribution in [3.8, 4) is 0 Å². The summed E-state index contributed by atoms with van der Waals surface area (Å²) >= 11 is 5.86. The number of hydrogen-bond acceptors (Lipinski definition) is 4. The second-order valence-electron chi connectivity index (χ2n) is 4.40. The number of amides is 1. The van der Waals surface area contributed by atoms with E-state index in [0.717, 1.165) is 22.9 Å². The van der Waals surface area contributed by atoms with Gasteiger partial charge in [-0.15, -0.1) is 24.4 Å². The second-order valence-corrected chi connectivity index (χ2v) is 5.68. The van der Waals surface area contributed by atoms with Crippen LogP contribution < -0.4 is 0 Å². The predicted molar refractivity (Wildman–Crippen MR) is 92.2 cm³/mol. The van der Waals surface area contributed by atoms with E-state index < -0.39 is 0 Å². The third-order valence-electron chi connectivity index (χ3n) is 3.19. The van der Waals surface area contributed by atoms with Crippen LogP contribution in [-0.2, 0) is 4.79 Å². The van der Waals surface area contributed by atoms with Crippen molar-refractivity contribution in [2.75, 3.05) is 12.8 Å². The standard InChI is InChI=1S/C15H22N2OS2/c1-6-10(4)14(20-5)16-13-11(7-2)9-12(19)15(18)17(13)8-3/h7,9,19H,6,8H2,1-5H3/b11-7-,14-10?,16-13+. The van der Waals surface area contributed by atoms with Gasteiger partial charge in [-0.25, -0.2) is 4.99 Å². The molecule has 1 aliphatic heterocycles. The molecule has 3 nitrogen and oxygen atoms in total. The summed E-state index contributed by atoms with van der Waals surface area (Å²) < 4.78 is 0. The van der Waals surface area contributed by atoms with Crippen LogP contribution in [0.15, 0.2) is 38.2 Å². The first-order chi connectivity index (χ1) is 9.49. The number of rotatable bonds is 4. The third-order valence-corrected chi connectivity index (χ3v) is 4.34. The SMILES string of the molecule is C/C=C1/C=C(S)C(=O)N(CC)/C1=N/C(SC)=C(C)CC. The van der Waals surface area contributed by atoms with Crippen LogP contribution in [0, 0.1) is 0 Å². The van der Waals surface area contributed by atoms with E-state index in [9.17, 15) is 4.79 Å². The normalized spacial score (nSPS) is 21.4. The Kier molecular flexibility index (Phi) is 6.62. The number of nitrogens with zero attached hydrogens (tertiary/aromatic N) is 2. The lowest BCUT2D eigenvalue weighted by Gasteiger charge is -2.28. The number of aliphatic imine (C=N–C) groups is 1. The maximum Gasteiger partial charge on any atom is 0.265 e. The van der Waals surface area contributed by atoms with Gasteiger partial charge >= 0.3 is 0 Å². The fourth-order valence-corrected chi connectivity index (χ4v) is 2.79. The highest BCUT2D eigenvalue weighted by atomic mass is 32.2. The largest absolute Gasteiger partial charge is 0.292 e. The summed E-state index contributed by atoms with van der Waals surface area (Å²) in [6, 6.07) is 0. The van der Waals surface area contributed by atoms with E-state index >= 15 is 0 Å². The van der Waals surface area contributed by atoms with Gasteiger partial charge in [0.1, 0.15) is 5.84 Å². The molecule has 0 N–H and O–H groups in total. The zero-order valence-electron chi connectivity index (χ0n) is 12.7. The first-order valence-electron chi connectivity index (χ1n) is 6.71. The van der Waals surface area contributed by atoms with E-state index in [4.69, 9.17) is 4.99 Å². The van der Waals surface area contributed by atoms with Gasteiger partial charge in [0.25, 0.3) is 5.91 Å². The number of thioether (sulfide) groups is 1. The average molecular weight is 310 g/mol. The number of allylic oxidation sites excluding steroid dienone is 2. The summed E-state index contributed by atoms with van der Waals surface area (Å²) in [7, 11) is 0. The van der Waals surface area contributed by atoms with Crippen molar-refractivity contribution in [2.24, 2.45) is 4.99 Å². The van der Waals surface area contributed by atoms with Gasteiger partial charge < -0.3 is 0 Å². The molecule has 0 aliphatic carbocycles. The highest BCUT2D eigenvalue weighted by Crippen LogP contribution is 2.26. The van der Waals surface area contributed by atoms with Gasteiger partial charge in [0.2, 0.25) is 0 Å². The number of carbonyl (C=O) groups is 1. The molecule has 1 amide bonds. The summed E-state index contributed by atoms with van der Waals surface area (Å²) in [5.74, 6) is 0.629. The molecule has 0 fully saturated rings. The van der Waals surface area contributed by atoms with Crippen molar-refractivity contribution in [3.63, 3.8) is 0 Å². The van der Waals surface area contributed by atoms with E-state index in [0.29, 0.717) is 11.4 Å². The van der Waals surface area contributed by atoms with Crippen LogP contribution >= 0.6 is 24.4 Å². The minimum absolute atomic E-state index is 0.0882. The minimum atomic E-state index is -0.0882. The van der Waals surface area contributed by atoms with Gasteiger partial charge in [-0.2, -0.15) is 0 Å². The molecular formula is C15H22N2OS2. The lowest BCUT2D eigenvalue weighted by atomic mass is 10.1. The van der Waals surface area contributed by atoms with Gasteiger partial charge in [0.15, 0.2) is 0 Å². The van der Waals surface area contributed by atoms with Gasteiger partial charge in [-0.1, -0.05) is 13.0 Å². The van der Waals surface area contributed by atoms with Crippen molar-refractivity contribution in [1.82, 2.24) is 4.90 Å². The van der Waals surface area contributed by atoms with Gasteiger partial charge in [0, 0.05) is 12.1 Å². The lowest BCUT2D eigenvalue weighted by molar-refractivity contribution is -0.122. The predicted octanol–water partition coefficient (Wildman–Crippen LogP) is 4.01. The molecule has 110 valence electrons. The van der Waals surface area contributed by atoms with E-state index in [2.05, 4.69) is 26.5 Å². The van der Waals surface area contributed by atoms with Crippen molar-refractivity contribution in [2.45, 2.75) is 34.1 Å². The summed E-state index contributed by atoms with van der Waals surface area (Å²) in [5, 5.41) is 0.976. The monoisotopic (exact) mass is 310 g/mol. The van der Waals surface area contributed by atoms with E-state index in [1.54, 1.807) is 22.7 Å². The highest BCUT2D eigenvalue weighted by molar-refractivity contribution is 8.02. The second kappa shape index (κ2) is 7.74. The Morgan fingerprint density at radius 2 is 2.15 bits per heavy atom. The Balaban J connectivity index is 3.41. The van der Waals surface area contributed by atoms with Crippen molar-refractivity contribution >= 4 is 36.1 Å². The Morgan fingerprint density at radius 3 is 2.60 bits per heavy atom. The molecule has 0 aromatic heterocycles. The van der Waals surface area contributed by atoms with E-state index in [-0.39, 0.29) is 5.91 Å². The number of carbonyl (C=O) groups excluding carboxylic acids is 1. The van der Waals surface area contributed by atoms with Crippen LogP contribution in [0.3, 0.4) is 0 Å². The maximum atomic E-state index is 12.2. The van der Waals surface area contributed by atoms with Gasteiger partial charge in [-0.3, -0.25) is 9.69 Å². The Morgan fingerprint density at radius 1 is 1.50 bits per heavy atom. The van der Waals surface area contributed by atoms with Crippen LogP contribution in [0.5, 0.6) is 0 Å². The van der Waals surface area contributed by atoms with Crippen molar-refractivity contribution in [3.05, 3.63) is 33.2 Å². The number of likely N-dealkylation sites (N-methyl/N-ethyl adjacent to an activating group) is 1.